The molecule has 0 atom stereocenters. The molecule has 1 fully saturated rings. The molecule has 0 aliphatic heterocycles. The molecule has 4 heteroatoms. The largest absolute Gasteiger partial charge is 0.207 e. The maximum atomic E-state index is 13.4. The Bertz CT molecular complexity index is 432. The van der Waals surface area contributed by atoms with Crippen molar-refractivity contribution < 1.29 is 8.78 Å². The summed E-state index contributed by atoms with van der Waals surface area (Å²) in [5.74, 6) is -1.28. The van der Waals surface area contributed by atoms with Gasteiger partial charge in [-0.15, -0.1) is 0 Å². The zero-order valence-corrected chi connectivity index (χ0v) is 7.91. The zero-order valence-electron chi connectivity index (χ0n) is 7.15. The maximum absolute atomic E-state index is 13.4. The van der Waals surface area contributed by atoms with Crippen molar-refractivity contribution in [1.82, 2.24) is 0 Å². The second-order valence-corrected chi connectivity index (χ2v) is 3.85. The fourth-order valence-corrected chi connectivity index (χ4v) is 1.61. The monoisotopic (exact) mass is 213 g/mol. The highest BCUT2D eigenvalue weighted by Crippen LogP contribution is 2.48. The van der Waals surface area contributed by atoms with Gasteiger partial charge in [0.15, 0.2) is 0 Å². The van der Waals surface area contributed by atoms with Crippen molar-refractivity contribution in [1.29, 1.82) is 5.26 Å². The minimum Gasteiger partial charge on any atom is -0.207 e. The molecule has 0 unspecified atom stereocenters. The Hall–Kier alpha value is -1.14. The van der Waals surface area contributed by atoms with Crippen LogP contribution in [-0.4, -0.2) is 0 Å². The lowest BCUT2D eigenvalue weighted by Crippen LogP contribution is -2.06. The first-order chi connectivity index (χ1) is 6.59. The van der Waals surface area contributed by atoms with Crippen molar-refractivity contribution in [2.45, 2.75) is 18.3 Å². The molecule has 0 heterocycles. The minimum atomic E-state index is -0.810. The van der Waals surface area contributed by atoms with Crippen molar-refractivity contribution in [3.8, 4) is 6.07 Å². The van der Waals surface area contributed by atoms with Crippen LogP contribution in [0, 0.1) is 23.0 Å². The number of nitriles is 1. The summed E-state index contributed by atoms with van der Waals surface area (Å²) >= 11 is 5.40. The number of nitrogens with zero attached hydrogens (tertiary/aromatic N) is 1. The van der Waals surface area contributed by atoms with Crippen molar-refractivity contribution in [3.05, 3.63) is 34.4 Å². The molecule has 1 aliphatic carbocycles. The molecular formula is C10H6ClF2N. The highest BCUT2D eigenvalue weighted by molar-refractivity contribution is 6.30. The first kappa shape index (κ1) is 9.42. The van der Waals surface area contributed by atoms with Crippen LogP contribution in [-0.2, 0) is 5.41 Å². The number of benzene rings is 1. The lowest BCUT2D eigenvalue weighted by molar-refractivity contribution is 0.576. The predicted molar refractivity (Wildman–Crippen MR) is 47.9 cm³/mol. The highest BCUT2D eigenvalue weighted by atomic mass is 35.5. The fraction of sp³-hybridized carbons (Fsp3) is 0.300. The zero-order chi connectivity index (χ0) is 10.3. The molecule has 1 aliphatic rings. The molecule has 0 aromatic heterocycles. The summed E-state index contributed by atoms with van der Waals surface area (Å²) in [5, 5.41) is 8.57. The Kier molecular flexibility index (Phi) is 1.97. The van der Waals surface area contributed by atoms with Gasteiger partial charge in [0.05, 0.1) is 16.5 Å². The molecule has 0 radical (unpaired) electrons. The molecule has 1 aromatic rings. The summed E-state index contributed by atoms with van der Waals surface area (Å²) in [7, 11) is 0. The second kappa shape index (κ2) is 2.93. The van der Waals surface area contributed by atoms with Crippen molar-refractivity contribution >= 4 is 11.6 Å². The van der Waals surface area contributed by atoms with Crippen LogP contribution in [0.3, 0.4) is 0 Å². The van der Waals surface area contributed by atoms with Crippen LogP contribution in [0.2, 0.25) is 5.02 Å². The predicted octanol–water partition coefficient (Wildman–Crippen LogP) is 3.17. The van der Waals surface area contributed by atoms with Crippen LogP contribution in [0.15, 0.2) is 12.1 Å². The molecule has 1 aromatic carbocycles. The first-order valence-electron chi connectivity index (χ1n) is 4.15. The SMILES string of the molecule is N#CC1(c2cc(F)c(Cl)cc2F)CC1. The van der Waals surface area contributed by atoms with Gasteiger partial charge in [0, 0.05) is 5.56 Å². The Morgan fingerprint density at radius 2 is 1.93 bits per heavy atom. The van der Waals surface area contributed by atoms with E-state index in [1.165, 1.54) is 0 Å². The molecule has 14 heavy (non-hydrogen) atoms. The number of hydrogen-bond donors (Lipinski definition) is 0. The molecule has 0 spiro atoms. The summed E-state index contributed by atoms with van der Waals surface area (Å²) < 4.78 is 26.4. The second-order valence-electron chi connectivity index (χ2n) is 3.44. The van der Waals surface area contributed by atoms with Crippen molar-refractivity contribution in [2.24, 2.45) is 0 Å². The van der Waals surface area contributed by atoms with Crippen LogP contribution in [0.1, 0.15) is 18.4 Å². The summed E-state index contributed by atoms with van der Waals surface area (Å²) in [5.41, 5.74) is -0.683. The van der Waals surface area contributed by atoms with Gasteiger partial charge < -0.3 is 0 Å². The van der Waals surface area contributed by atoms with E-state index in [0.29, 0.717) is 12.8 Å². The molecule has 1 saturated carbocycles. The van der Waals surface area contributed by atoms with Crippen LogP contribution >= 0.6 is 11.6 Å². The lowest BCUT2D eigenvalue weighted by Gasteiger charge is -2.08. The summed E-state index contributed by atoms with van der Waals surface area (Å²) in [6.45, 7) is 0. The van der Waals surface area contributed by atoms with Gasteiger partial charge in [-0.2, -0.15) is 5.26 Å². The molecule has 0 saturated heterocycles. The van der Waals surface area contributed by atoms with Gasteiger partial charge in [0.2, 0.25) is 0 Å². The first-order valence-corrected chi connectivity index (χ1v) is 4.53. The van der Waals surface area contributed by atoms with Gasteiger partial charge in [0.25, 0.3) is 0 Å². The maximum Gasteiger partial charge on any atom is 0.142 e. The Balaban J connectivity index is 2.55. The van der Waals surface area contributed by atoms with Crippen LogP contribution in [0.5, 0.6) is 0 Å². The lowest BCUT2D eigenvalue weighted by atomic mass is 9.97. The van der Waals surface area contributed by atoms with Gasteiger partial charge in [0.1, 0.15) is 11.6 Å². The molecule has 1 nitrogen and oxygen atoms in total. The average molecular weight is 214 g/mol. The van der Waals surface area contributed by atoms with E-state index >= 15 is 0 Å². The molecule has 72 valence electrons. The van der Waals surface area contributed by atoms with Crippen LogP contribution in [0.4, 0.5) is 8.78 Å². The number of halogens is 3. The van der Waals surface area contributed by atoms with E-state index < -0.39 is 17.0 Å². The third kappa shape index (κ3) is 1.27. The number of hydrogen-bond acceptors (Lipinski definition) is 1. The standard InChI is InChI=1S/C10H6ClF2N/c11-7-4-8(12)6(3-9(7)13)10(5-14)1-2-10/h3-4H,1-2H2. The van der Waals surface area contributed by atoms with Gasteiger partial charge in [-0.05, 0) is 25.0 Å². The van der Waals surface area contributed by atoms with E-state index in [-0.39, 0.29) is 10.6 Å². The van der Waals surface area contributed by atoms with E-state index in [4.69, 9.17) is 16.9 Å². The summed E-state index contributed by atoms with van der Waals surface area (Å²) in [6, 6.07) is 3.95. The van der Waals surface area contributed by atoms with E-state index in [9.17, 15) is 8.78 Å². The molecule has 0 amide bonds. The summed E-state index contributed by atoms with van der Waals surface area (Å²) in [6.07, 6.45) is 1.17. The van der Waals surface area contributed by atoms with Gasteiger partial charge >= 0.3 is 0 Å². The number of rotatable bonds is 1. The Morgan fingerprint density at radius 3 is 2.43 bits per heavy atom. The van der Waals surface area contributed by atoms with Crippen molar-refractivity contribution in [2.75, 3.05) is 0 Å². The van der Waals surface area contributed by atoms with Crippen LogP contribution < -0.4 is 0 Å². The third-order valence-corrected chi connectivity index (χ3v) is 2.78. The van der Waals surface area contributed by atoms with Gasteiger partial charge in [-0.25, -0.2) is 8.78 Å². The van der Waals surface area contributed by atoms with E-state index in [1.807, 2.05) is 6.07 Å². The Labute approximate surface area is 84.9 Å². The van der Waals surface area contributed by atoms with Gasteiger partial charge in [-0.3, -0.25) is 0 Å². The topological polar surface area (TPSA) is 23.8 Å². The van der Waals surface area contributed by atoms with E-state index in [1.54, 1.807) is 0 Å². The Morgan fingerprint density at radius 1 is 1.29 bits per heavy atom. The molecule has 2 rings (SSSR count). The third-order valence-electron chi connectivity index (χ3n) is 2.49. The smallest absolute Gasteiger partial charge is 0.142 e. The van der Waals surface area contributed by atoms with Crippen molar-refractivity contribution in [3.63, 3.8) is 0 Å². The average Bonchev–Trinajstić information content (AvgIpc) is 2.92. The van der Waals surface area contributed by atoms with Gasteiger partial charge in [-0.1, -0.05) is 11.6 Å². The van der Waals surface area contributed by atoms with E-state index in [0.717, 1.165) is 12.1 Å². The highest BCUT2D eigenvalue weighted by Gasteiger charge is 2.47. The normalized spacial score (nSPS) is 17.6. The molecular weight excluding hydrogens is 208 g/mol. The molecule has 0 bridgehead atoms. The quantitative estimate of drug-likeness (QED) is 0.658. The van der Waals surface area contributed by atoms with E-state index in [2.05, 4.69) is 0 Å². The van der Waals surface area contributed by atoms with Crippen LogP contribution in [0.25, 0.3) is 0 Å². The minimum absolute atomic E-state index is 0.127. The summed E-state index contributed by atoms with van der Waals surface area (Å²) in [4.78, 5) is 0. The molecule has 0 N–H and O–H groups in total. The fourth-order valence-electron chi connectivity index (χ4n) is 1.46.